The lowest BCUT2D eigenvalue weighted by Crippen LogP contribution is -2.49. The summed E-state index contributed by atoms with van der Waals surface area (Å²) in [5, 5.41) is 13.0. The van der Waals surface area contributed by atoms with Gasteiger partial charge in [0.05, 0.1) is 5.41 Å². The van der Waals surface area contributed by atoms with Gasteiger partial charge < -0.3 is 15.2 Å². The first-order chi connectivity index (χ1) is 15.9. The first kappa shape index (κ1) is 24.8. The Labute approximate surface area is 199 Å². The molecule has 1 amide bonds. The maximum Gasteiger partial charge on any atom is 0.407 e. The van der Waals surface area contributed by atoms with Crippen LogP contribution < -0.4 is 5.32 Å². The van der Waals surface area contributed by atoms with Crippen molar-refractivity contribution >= 4 is 28.9 Å². The highest BCUT2D eigenvalue weighted by Gasteiger charge is 2.60. The van der Waals surface area contributed by atoms with Gasteiger partial charge >= 0.3 is 12.1 Å². The molecule has 0 aromatic heterocycles. The van der Waals surface area contributed by atoms with E-state index in [-0.39, 0.29) is 11.7 Å². The Morgan fingerprint density at radius 1 is 1.00 bits per heavy atom. The molecule has 0 spiro atoms. The number of aliphatic carboxylic acids is 1. The van der Waals surface area contributed by atoms with Crippen molar-refractivity contribution in [3.8, 4) is 0 Å². The number of carbonyl (C=O) groups is 3. The number of nitrogens with one attached hydrogen (secondary N) is 1. The largest absolute Gasteiger partial charge is 0.481 e. The number of thioether (sulfide) groups is 1. The van der Waals surface area contributed by atoms with Crippen molar-refractivity contribution in [2.24, 2.45) is 5.41 Å². The third-order valence-electron chi connectivity index (χ3n) is 6.40. The molecule has 176 valence electrons. The average molecular weight is 470 g/mol. The van der Waals surface area contributed by atoms with Gasteiger partial charge in [-0.05, 0) is 43.2 Å². The summed E-state index contributed by atoms with van der Waals surface area (Å²) in [4.78, 5) is 36.9. The average Bonchev–Trinajstić information content (AvgIpc) is 3.14. The van der Waals surface area contributed by atoms with E-state index in [4.69, 9.17) is 4.74 Å². The summed E-state index contributed by atoms with van der Waals surface area (Å²) in [7, 11) is 0. The van der Waals surface area contributed by atoms with Crippen molar-refractivity contribution < 1.29 is 24.2 Å². The molecule has 6 nitrogen and oxygen atoms in total. The summed E-state index contributed by atoms with van der Waals surface area (Å²) in [5.74, 6) is -0.865. The van der Waals surface area contributed by atoms with Crippen molar-refractivity contribution in [3.05, 3.63) is 71.8 Å². The van der Waals surface area contributed by atoms with Crippen LogP contribution in [-0.4, -0.2) is 33.6 Å². The number of carbonyl (C=O) groups excluding carboxylic acids is 2. The second-order valence-corrected chi connectivity index (χ2v) is 10.1. The molecule has 2 N–H and O–H groups in total. The van der Waals surface area contributed by atoms with E-state index in [0.29, 0.717) is 38.6 Å². The van der Waals surface area contributed by atoms with E-state index in [1.807, 2.05) is 60.7 Å². The van der Waals surface area contributed by atoms with Gasteiger partial charge in [0.25, 0.3) is 0 Å². The molecule has 7 heteroatoms. The molecule has 0 bridgehead atoms. The maximum absolute atomic E-state index is 12.7. The van der Waals surface area contributed by atoms with Crippen LogP contribution in [0.15, 0.2) is 60.7 Å². The summed E-state index contributed by atoms with van der Waals surface area (Å²) in [6, 6.07) is 19.2. The molecule has 0 saturated heterocycles. The maximum atomic E-state index is 12.7. The van der Waals surface area contributed by atoms with E-state index in [1.54, 1.807) is 0 Å². The molecule has 0 unspecified atom stereocenters. The predicted octanol–water partition coefficient (Wildman–Crippen LogP) is 5.21. The van der Waals surface area contributed by atoms with Crippen LogP contribution in [0.5, 0.6) is 0 Å². The molecule has 2 aromatic carbocycles. The Kier molecular flexibility index (Phi) is 8.55. The van der Waals surface area contributed by atoms with E-state index < -0.39 is 22.2 Å². The minimum Gasteiger partial charge on any atom is -0.481 e. The monoisotopic (exact) mass is 469 g/mol. The molecule has 2 aromatic rings. The predicted molar refractivity (Wildman–Crippen MR) is 129 cm³/mol. The fourth-order valence-electron chi connectivity index (χ4n) is 4.90. The van der Waals surface area contributed by atoms with Gasteiger partial charge in [0.2, 0.25) is 0 Å². The number of alkyl carbamates (subject to hydrolysis) is 1. The van der Waals surface area contributed by atoms with Crippen molar-refractivity contribution in [3.63, 3.8) is 0 Å². The number of ether oxygens (including phenoxy) is 1. The van der Waals surface area contributed by atoms with Crippen LogP contribution in [0.2, 0.25) is 0 Å². The SMILES string of the molecule is CC(=O)S[C@]1(Cc2ccccc2)CCC[C@@]1(CCCNC(=O)OCc1ccccc1)C(=O)O. The van der Waals surface area contributed by atoms with Crippen LogP contribution in [0.1, 0.15) is 50.2 Å². The zero-order chi connectivity index (χ0) is 23.7. The Morgan fingerprint density at radius 3 is 2.24 bits per heavy atom. The van der Waals surface area contributed by atoms with E-state index in [0.717, 1.165) is 17.5 Å². The van der Waals surface area contributed by atoms with Gasteiger partial charge in [-0.3, -0.25) is 9.59 Å². The molecule has 0 radical (unpaired) electrons. The normalized spacial score (nSPS) is 22.0. The van der Waals surface area contributed by atoms with Crippen LogP contribution in [0.4, 0.5) is 4.79 Å². The topological polar surface area (TPSA) is 92.7 Å². The molecule has 3 rings (SSSR count). The third kappa shape index (κ3) is 6.16. The molecule has 2 atom stereocenters. The highest BCUT2D eigenvalue weighted by atomic mass is 32.2. The molecule has 1 aliphatic rings. The molecule has 0 heterocycles. The Balaban J connectivity index is 1.64. The number of rotatable bonds is 10. The van der Waals surface area contributed by atoms with Crippen molar-refractivity contribution in [1.82, 2.24) is 5.32 Å². The lowest BCUT2D eigenvalue weighted by Gasteiger charge is -2.42. The van der Waals surface area contributed by atoms with Gasteiger partial charge in [-0.15, -0.1) is 0 Å². The number of carboxylic acids is 1. The first-order valence-electron chi connectivity index (χ1n) is 11.3. The second-order valence-electron chi connectivity index (χ2n) is 8.58. The summed E-state index contributed by atoms with van der Waals surface area (Å²) < 4.78 is 4.52. The number of benzene rings is 2. The third-order valence-corrected chi connectivity index (χ3v) is 7.82. The van der Waals surface area contributed by atoms with Gasteiger partial charge in [0.1, 0.15) is 6.61 Å². The molecule has 1 aliphatic carbocycles. The standard InChI is InChI=1S/C26H31NO5S/c1-20(28)33-26(18-21-10-4-2-5-11-21)16-8-14-25(26,23(29)30)15-9-17-27-24(31)32-19-22-12-6-3-7-13-22/h2-7,10-13H,8-9,14-19H2,1H3,(H,27,31)(H,29,30)/t25-,26+/m1/s1. The van der Waals surface area contributed by atoms with Gasteiger partial charge in [-0.1, -0.05) is 78.8 Å². The Bertz CT molecular complexity index is 952. The minimum atomic E-state index is -1.03. The number of hydrogen-bond acceptors (Lipinski definition) is 5. The second kappa shape index (κ2) is 11.4. The molecule has 0 aliphatic heterocycles. The summed E-state index contributed by atoms with van der Waals surface area (Å²) in [5.41, 5.74) is 0.895. The molecule has 33 heavy (non-hydrogen) atoms. The van der Waals surface area contributed by atoms with Crippen molar-refractivity contribution in [1.29, 1.82) is 0 Å². The number of carboxylic acid groups (broad SMARTS) is 1. The fraction of sp³-hybridized carbons (Fsp3) is 0.423. The van der Waals surface area contributed by atoms with Gasteiger partial charge in [0, 0.05) is 18.2 Å². The van der Waals surface area contributed by atoms with Crippen molar-refractivity contribution in [2.45, 2.75) is 56.8 Å². The van der Waals surface area contributed by atoms with E-state index >= 15 is 0 Å². The van der Waals surface area contributed by atoms with Crippen LogP contribution in [0.3, 0.4) is 0 Å². The Hall–Kier alpha value is -2.80. The van der Waals surface area contributed by atoms with Crippen LogP contribution in [0, 0.1) is 5.41 Å². The van der Waals surface area contributed by atoms with Gasteiger partial charge in [-0.25, -0.2) is 4.79 Å². The zero-order valence-electron chi connectivity index (χ0n) is 18.9. The number of amides is 1. The first-order valence-corrected chi connectivity index (χ1v) is 12.1. The smallest absolute Gasteiger partial charge is 0.407 e. The summed E-state index contributed by atoms with van der Waals surface area (Å²) in [6.45, 7) is 2.00. The summed E-state index contributed by atoms with van der Waals surface area (Å²) in [6.07, 6.45) is 2.82. The van der Waals surface area contributed by atoms with Crippen LogP contribution in [-0.2, 0) is 27.4 Å². The zero-order valence-corrected chi connectivity index (χ0v) is 19.7. The van der Waals surface area contributed by atoms with E-state index in [2.05, 4.69) is 5.32 Å². The molecular formula is C26H31NO5S. The summed E-state index contributed by atoms with van der Waals surface area (Å²) >= 11 is 1.18. The van der Waals surface area contributed by atoms with Crippen LogP contribution in [0.25, 0.3) is 0 Å². The lowest BCUT2D eigenvalue weighted by molar-refractivity contribution is -0.150. The highest BCUT2D eigenvalue weighted by Crippen LogP contribution is 2.58. The van der Waals surface area contributed by atoms with E-state index in [9.17, 15) is 19.5 Å². The van der Waals surface area contributed by atoms with Crippen LogP contribution >= 0.6 is 11.8 Å². The molecule has 1 saturated carbocycles. The fourth-order valence-corrected chi connectivity index (χ4v) is 6.42. The van der Waals surface area contributed by atoms with Gasteiger partial charge in [0.15, 0.2) is 5.12 Å². The number of hydrogen-bond donors (Lipinski definition) is 2. The van der Waals surface area contributed by atoms with E-state index in [1.165, 1.54) is 18.7 Å². The highest BCUT2D eigenvalue weighted by molar-refractivity contribution is 8.14. The van der Waals surface area contributed by atoms with Crippen molar-refractivity contribution in [2.75, 3.05) is 6.54 Å². The lowest BCUT2D eigenvalue weighted by atomic mass is 9.71. The molecular weight excluding hydrogens is 438 g/mol. The molecule has 1 fully saturated rings. The van der Waals surface area contributed by atoms with Gasteiger partial charge in [-0.2, -0.15) is 0 Å². The quantitative estimate of drug-likeness (QED) is 0.464. The Morgan fingerprint density at radius 2 is 1.64 bits per heavy atom. The minimum absolute atomic E-state index is 0.0685.